The number of ether oxygens (including phenoxy) is 3. The number of rotatable bonds is 9. The molecule has 2 aliphatic rings. The normalized spacial score (nSPS) is 19.9. The van der Waals surface area contributed by atoms with Gasteiger partial charge in [-0.1, -0.05) is 19.1 Å². The summed E-state index contributed by atoms with van der Waals surface area (Å²) >= 11 is 0. The van der Waals surface area contributed by atoms with Gasteiger partial charge in [0.05, 0.1) is 22.1 Å². The number of alkyl carbamates (subject to hydrolysis) is 1. The van der Waals surface area contributed by atoms with E-state index in [4.69, 9.17) is 23.5 Å². The molecule has 0 spiro atoms. The van der Waals surface area contributed by atoms with Crippen LogP contribution in [0.15, 0.2) is 41.9 Å². The molecule has 3 aromatic rings. The van der Waals surface area contributed by atoms with Crippen molar-refractivity contribution >= 4 is 29.7 Å². The zero-order valence-electron chi connectivity index (χ0n) is 28.7. The lowest BCUT2D eigenvalue weighted by molar-refractivity contribution is -0.0375. The average Bonchev–Trinajstić information content (AvgIpc) is 3.43. The maximum Gasteiger partial charge on any atom is 0.491 e. The summed E-state index contributed by atoms with van der Waals surface area (Å²) in [6.07, 6.45) is 2.04. The van der Waals surface area contributed by atoms with Crippen LogP contribution in [0.3, 0.4) is 0 Å². The Morgan fingerprint density at radius 2 is 1.74 bits per heavy atom. The summed E-state index contributed by atoms with van der Waals surface area (Å²) in [5, 5.41) is 7.06. The van der Waals surface area contributed by atoms with Gasteiger partial charge in [-0.2, -0.15) is 4.39 Å². The van der Waals surface area contributed by atoms with Gasteiger partial charge in [-0.05, 0) is 109 Å². The molecule has 1 unspecified atom stereocenters. The molecule has 0 radical (unpaired) electrons. The lowest BCUT2D eigenvalue weighted by Crippen LogP contribution is -2.41. The Labute approximate surface area is 276 Å². The molecule has 5 rings (SSSR count). The van der Waals surface area contributed by atoms with Gasteiger partial charge < -0.3 is 28.8 Å². The number of hydrogen-bond acceptors (Lipinski definition) is 7. The molecule has 1 aromatic heterocycles. The topological polar surface area (TPSA) is 93.1 Å². The van der Waals surface area contributed by atoms with Gasteiger partial charge in [-0.3, -0.25) is 0 Å². The van der Waals surface area contributed by atoms with Gasteiger partial charge in [-0.15, -0.1) is 5.10 Å². The smallest absolute Gasteiger partial charge is 0.490 e. The second kappa shape index (κ2) is 13.6. The third-order valence-corrected chi connectivity index (χ3v) is 8.89. The zero-order valence-corrected chi connectivity index (χ0v) is 28.7. The third kappa shape index (κ3) is 7.65. The monoisotopic (exact) mass is 653 g/mol. The van der Waals surface area contributed by atoms with Gasteiger partial charge in [-0.25, -0.2) is 13.9 Å². The molecule has 0 aliphatic carbocycles. The molecule has 1 amide bonds. The van der Waals surface area contributed by atoms with Crippen molar-refractivity contribution in [3.8, 4) is 5.75 Å². The number of carbonyl (C=O) groups excluding carboxylic acids is 1. The summed E-state index contributed by atoms with van der Waals surface area (Å²) in [4.78, 5) is 11.9. The van der Waals surface area contributed by atoms with Gasteiger partial charge in [0.2, 0.25) is 5.95 Å². The molecule has 2 aromatic carbocycles. The highest BCUT2D eigenvalue weighted by Gasteiger charge is 2.52. The van der Waals surface area contributed by atoms with Crippen molar-refractivity contribution in [2.45, 2.75) is 104 Å². The summed E-state index contributed by atoms with van der Waals surface area (Å²) in [5.41, 5.74) is 0.829. The van der Waals surface area contributed by atoms with Gasteiger partial charge in [0.25, 0.3) is 0 Å². The molecule has 2 aliphatic heterocycles. The molecule has 254 valence electrons. The summed E-state index contributed by atoms with van der Waals surface area (Å²) in [6.45, 7) is 16.2. The van der Waals surface area contributed by atoms with Crippen molar-refractivity contribution < 1.29 is 37.1 Å². The average molecular weight is 654 g/mol. The highest BCUT2D eigenvalue weighted by molar-refractivity contribution is 6.56. The van der Waals surface area contributed by atoms with Crippen LogP contribution >= 0.6 is 0 Å². The Balaban J connectivity index is 1.50. The summed E-state index contributed by atoms with van der Waals surface area (Å²) in [5.74, 6) is -0.680. The van der Waals surface area contributed by atoms with Gasteiger partial charge in [0.15, 0.2) is 6.23 Å². The van der Waals surface area contributed by atoms with Crippen LogP contribution in [0.1, 0.15) is 98.4 Å². The Bertz CT molecular complexity index is 1610. The molecule has 2 fully saturated rings. The number of carbonyl (C=O) groups is 1. The number of hydrogen-bond donors (Lipinski definition) is 1. The van der Waals surface area contributed by atoms with E-state index in [0.29, 0.717) is 41.9 Å². The highest BCUT2D eigenvalue weighted by Crippen LogP contribution is 2.43. The molecule has 1 N–H and O–H groups in total. The molecule has 0 bridgehead atoms. The number of aromatic nitrogens is 2. The number of nitrogens with zero attached hydrogens (tertiary/aromatic N) is 2. The summed E-state index contributed by atoms with van der Waals surface area (Å²) in [6, 6.07) is 10.0. The van der Waals surface area contributed by atoms with E-state index in [9.17, 15) is 4.79 Å². The minimum atomic E-state index is -0.759. The fraction of sp³-hybridized carbons (Fsp3) is 0.543. The van der Waals surface area contributed by atoms with Crippen LogP contribution in [0.4, 0.5) is 13.6 Å². The molecule has 2 saturated heterocycles. The van der Waals surface area contributed by atoms with Crippen LogP contribution in [-0.4, -0.2) is 59.6 Å². The first-order valence-electron chi connectivity index (χ1n) is 16.4. The molecular formula is C35H46BF2N3O6. The van der Waals surface area contributed by atoms with Crippen molar-refractivity contribution in [2.75, 3.05) is 19.8 Å². The van der Waals surface area contributed by atoms with Crippen LogP contribution in [0.5, 0.6) is 5.75 Å². The standard InChI is InChI=1S/C35H46BF2N3O6/c1-9-26(36-46-34(5,6)35(7,8)47-36)30(22-13-15-23(16-14-22)43-18-19-45-32(42)39-33(2,3)4)24-20-25-28(21-27(24)37)41(40-31(25)38)29-12-10-11-17-44-29/h13-16,20-21,29H,9-12,17-19H2,1-8H3,(H,39,42)/b30-26+. The van der Waals surface area contributed by atoms with Crippen molar-refractivity contribution in [3.63, 3.8) is 0 Å². The predicted octanol–water partition coefficient (Wildman–Crippen LogP) is 7.76. The van der Waals surface area contributed by atoms with Crippen molar-refractivity contribution in [3.05, 3.63) is 64.8 Å². The van der Waals surface area contributed by atoms with E-state index in [-0.39, 0.29) is 24.2 Å². The van der Waals surface area contributed by atoms with Crippen molar-refractivity contribution in [1.82, 2.24) is 15.1 Å². The lowest BCUT2D eigenvalue weighted by Gasteiger charge is -2.32. The molecule has 3 heterocycles. The lowest BCUT2D eigenvalue weighted by atomic mass is 9.70. The van der Waals surface area contributed by atoms with E-state index < -0.39 is 47.9 Å². The zero-order chi connectivity index (χ0) is 34.1. The Kier molecular flexibility index (Phi) is 10.1. The minimum Gasteiger partial charge on any atom is -0.490 e. The summed E-state index contributed by atoms with van der Waals surface area (Å²) < 4.78 is 63.0. The second-order valence-corrected chi connectivity index (χ2v) is 14.1. The molecule has 0 saturated carbocycles. The maximum atomic E-state index is 16.4. The largest absolute Gasteiger partial charge is 0.491 e. The number of allylic oxidation sites excluding steroid dienone is 1. The Morgan fingerprint density at radius 1 is 1.06 bits per heavy atom. The van der Waals surface area contributed by atoms with E-state index in [1.807, 2.05) is 67.5 Å². The first-order valence-corrected chi connectivity index (χ1v) is 16.4. The maximum absolute atomic E-state index is 16.4. The van der Waals surface area contributed by atoms with Crippen molar-refractivity contribution in [2.24, 2.45) is 0 Å². The van der Waals surface area contributed by atoms with E-state index in [2.05, 4.69) is 10.4 Å². The Hall–Kier alpha value is -3.48. The van der Waals surface area contributed by atoms with E-state index in [1.54, 1.807) is 12.1 Å². The first kappa shape index (κ1) is 34.8. The number of benzene rings is 2. The number of nitrogens with one attached hydrogen (secondary N) is 1. The first-order chi connectivity index (χ1) is 22.1. The van der Waals surface area contributed by atoms with E-state index in [0.717, 1.165) is 18.3 Å². The molecule has 9 nitrogen and oxygen atoms in total. The summed E-state index contributed by atoms with van der Waals surface area (Å²) in [7, 11) is -0.759. The Morgan fingerprint density at radius 3 is 2.34 bits per heavy atom. The van der Waals surface area contributed by atoms with Crippen molar-refractivity contribution in [1.29, 1.82) is 0 Å². The number of amides is 1. The second-order valence-electron chi connectivity index (χ2n) is 14.1. The molecule has 47 heavy (non-hydrogen) atoms. The van der Waals surface area contributed by atoms with Crippen LogP contribution in [0, 0.1) is 11.8 Å². The number of fused-ring (bicyclic) bond motifs is 1. The highest BCUT2D eigenvalue weighted by atomic mass is 19.1. The minimum absolute atomic E-state index is 0.0626. The van der Waals surface area contributed by atoms with Crippen LogP contribution in [0.2, 0.25) is 0 Å². The van der Waals surface area contributed by atoms with Gasteiger partial charge in [0.1, 0.15) is 24.8 Å². The quantitative estimate of drug-likeness (QED) is 0.186. The van der Waals surface area contributed by atoms with E-state index >= 15 is 8.78 Å². The van der Waals surface area contributed by atoms with Gasteiger partial charge in [0, 0.05) is 23.8 Å². The predicted molar refractivity (Wildman–Crippen MR) is 177 cm³/mol. The SMILES string of the molecule is CC/C(B1OC(C)(C)C(C)(C)O1)=C(/c1ccc(OCCOC(=O)NC(C)(C)C)cc1)c1cc2c(F)nn(C3CCCCO3)c2cc1F. The fourth-order valence-electron chi connectivity index (χ4n) is 5.76. The van der Waals surface area contributed by atoms with Gasteiger partial charge >= 0.3 is 13.2 Å². The molecule has 12 heteroatoms. The molecule has 1 atom stereocenters. The number of halogens is 2. The third-order valence-electron chi connectivity index (χ3n) is 8.89. The van der Waals surface area contributed by atoms with Crippen LogP contribution in [-0.2, 0) is 18.8 Å². The fourth-order valence-corrected chi connectivity index (χ4v) is 5.76. The van der Waals surface area contributed by atoms with Crippen LogP contribution < -0.4 is 10.1 Å². The molecular weight excluding hydrogens is 607 g/mol. The van der Waals surface area contributed by atoms with E-state index in [1.165, 1.54) is 16.8 Å². The van der Waals surface area contributed by atoms with Crippen LogP contribution in [0.25, 0.3) is 16.5 Å².